The molecular formula is C23H18N4O2. The van der Waals surface area contributed by atoms with E-state index in [1.807, 2.05) is 78.6 Å². The Morgan fingerprint density at radius 1 is 0.931 bits per heavy atom. The van der Waals surface area contributed by atoms with Gasteiger partial charge in [-0.05, 0) is 54.1 Å². The van der Waals surface area contributed by atoms with Crippen LogP contribution in [0.3, 0.4) is 0 Å². The van der Waals surface area contributed by atoms with E-state index in [9.17, 15) is 0 Å². The molecule has 0 aliphatic carbocycles. The molecule has 0 N–H and O–H groups in total. The SMILES string of the molecule is Cn1cc(-c2ccncc2)c(-c2ccc(OCc3nc4ccccc4o3)cc2)n1. The van der Waals surface area contributed by atoms with E-state index in [2.05, 4.69) is 15.1 Å². The molecule has 0 amide bonds. The number of ether oxygens (including phenoxy) is 1. The summed E-state index contributed by atoms with van der Waals surface area (Å²) >= 11 is 0. The molecule has 29 heavy (non-hydrogen) atoms. The molecule has 6 heteroatoms. The maximum absolute atomic E-state index is 5.84. The topological polar surface area (TPSA) is 66.0 Å². The molecular weight excluding hydrogens is 364 g/mol. The second kappa shape index (κ2) is 7.24. The van der Waals surface area contributed by atoms with Crippen LogP contribution in [0, 0.1) is 0 Å². The minimum atomic E-state index is 0.278. The van der Waals surface area contributed by atoms with E-state index in [1.54, 1.807) is 12.4 Å². The van der Waals surface area contributed by atoms with Gasteiger partial charge in [-0.25, -0.2) is 4.98 Å². The fourth-order valence-electron chi connectivity index (χ4n) is 3.28. The van der Waals surface area contributed by atoms with Gasteiger partial charge in [-0.2, -0.15) is 5.10 Å². The first-order valence-electron chi connectivity index (χ1n) is 9.28. The lowest BCUT2D eigenvalue weighted by atomic mass is 10.0. The van der Waals surface area contributed by atoms with Crippen LogP contribution < -0.4 is 4.74 Å². The second-order valence-electron chi connectivity index (χ2n) is 6.69. The number of nitrogens with zero attached hydrogens (tertiary/aromatic N) is 4. The third kappa shape index (κ3) is 3.48. The molecule has 0 aliphatic rings. The number of aromatic nitrogens is 4. The Morgan fingerprint density at radius 2 is 1.72 bits per heavy atom. The number of hydrogen-bond donors (Lipinski definition) is 0. The van der Waals surface area contributed by atoms with Crippen molar-refractivity contribution in [3.63, 3.8) is 0 Å². The first-order valence-corrected chi connectivity index (χ1v) is 9.28. The Bertz CT molecular complexity index is 1220. The molecule has 3 aromatic heterocycles. The van der Waals surface area contributed by atoms with Crippen molar-refractivity contribution in [3.05, 3.63) is 85.1 Å². The average molecular weight is 382 g/mol. The van der Waals surface area contributed by atoms with E-state index >= 15 is 0 Å². The Morgan fingerprint density at radius 3 is 2.52 bits per heavy atom. The molecule has 0 saturated heterocycles. The van der Waals surface area contributed by atoms with Gasteiger partial charge in [-0.3, -0.25) is 9.67 Å². The Kier molecular flexibility index (Phi) is 4.29. The summed E-state index contributed by atoms with van der Waals surface area (Å²) in [7, 11) is 1.92. The van der Waals surface area contributed by atoms with Crippen LogP contribution in [-0.2, 0) is 13.7 Å². The summed E-state index contributed by atoms with van der Waals surface area (Å²) in [6.45, 7) is 0.278. The van der Waals surface area contributed by atoms with Crippen LogP contribution in [0.25, 0.3) is 33.5 Å². The first kappa shape index (κ1) is 17.2. The number of aryl methyl sites for hydroxylation is 1. The molecule has 0 radical (unpaired) electrons. The minimum absolute atomic E-state index is 0.278. The van der Waals surface area contributed by atoms with Crippen molar-refractivity contribution in [2.45, 2.75) is 6.61 Å². The summed E-state index contributed by atoms with van der Waals surface area (Å²) in [4.78, 5) is 8.53. The van der Waals surface area contributed by atoms with Crippen molar-refractivity contribution in [2.24, 2.45) is 7.05 Å². The van der Waals surface area contributed by atoms with Gasteiger partial charge < -0.3 is 9.15 Å². The summed E-state index contributed by atoms with van der Waals surface area (Å²) < 4.78 is 13.4. The van der Waals surface area contributed by atoms with Crippen LogP contribution in [-0.4, -0.2) is 19.7 Å². The van der Waals surface area contributed by atoms with Gasteiger partial charge in [0.2, 0.25) is 5.89 Å². The van der Waals surface area contributed by atoms with Gasteiger partial charge in [0.25, 0.3) is 0 Å². The molecule has 5 rings (SSSR count). The zero-order valence-corrected chi connectivity index (χ0v) is 15.8. The second-order valence-corrected chi connectivity index (χ2v) is 6.69. The third-order valence-electron chi connectivity index (χ3n) is 4.65. The molecule has 142 valence electrons. The molecule has 0 aliphatic heterocycles. The van der Waals surface area contributed by atoms with E-state index in [-0.39, 0.29) is 6.61 Å². The lowest BCUT2D eigenvalue weighted by Crippen LogP contribution is -1.95. The van der Waals surface area contributed by atoms with Crippen LogP contribution in [0.1, 0.15) is 5.89 Å². The number of hydrogen-bond acceptors (Lipinski definition) is 5. The highest BCUT2D eigenvalue weighted by Gasteiger charge is 2.12. The van der Waals surface area contributed by atoms with Crippen LogP contribution in [0.2, 0.25) is 0 Å². The van der Waals surface area contributed by atoms with Crippen molar-refractivity contribution in [1.82, 2.24) is 19.7 Å². The van der Waals surface area contributed by atoms with Gasteiger partial charge in [0.05, 0.1) is 0 Å². The van der Waals surface area contributed by atoms with Gasteiger partial charge in [-0.15, -0.1) is 0 Å². The van der Waals surface area contributed by atoms with Gasteiger partial charge >= 0.3 is 0 Å². The largest absolute Gasteiger partial charge is 0.484 e. The number of rotatable bonds is 5. The van der Waals surface area contributed by atoms with Crippen LogP contribution in [0.5, 0.6) is 5.75 Å². The Labute approximate surface area is 167 Å². The quantitative estimate of drug-likeness (QED) is 0.434. The molecule has 3 heterocycles. The number of oxazole rings is 1. The summed E-state index contributed by atoms with van der Waals surface area (Å²) in [6, 6.07) is 19.5. The standard InChI is InChI=1S/C23H18N4O2/c1-27-14-19(16-10-12-24-13-11-16)23(26-27)17-6-8-18(9-7-17)28-15-22-25-20-4-2-3-5-21(20)29-22/h2-14H,15H2,1H3. The van der Waals surface area contributed by atoms with Crippen molar-refractivity contribution >= 4 is 11.1 Å². The average Bonchev–Trinajstić information content (AvgIpc) is 3.36. The van der Waals surface area contributed by atoms with Crippen LogP contribution in [0.4, 0.5) is 0 Å². The zero-order chi connectivity index (χ0) is 19.6. The van der Waals surface area contributed by atoms with Gasteiger partial charge in [0.1, 0.15) is 17.0 Å². The highest BCUT2D eigenvalue weighted by Crippen LogP contribution is 2.31. The van der Waals surface area contributed by atoms with E-state index in [0.29, 0.717) is 5.89 Å². The Hall–Kier alpha value is -3.93. The van der Waals surface area contributed by atoms with Gasteiger partial charge in [-0.1, -0.05) is 12.1 Å². The maximum atomic E-state index is 5.84. The zero-order valence-electron chi connectivity index (χ0n) is 15.8. The summed E-state index contributed by atoms with van der Waals surface area (Å²) in [5.74, 6) is 1.30. The number of pyridine rings is 1. The van der Waals surface area contributed by atoms with E-state index in [0.717, 1.165) is 39.2 Å². The monoisotopic (exact) mass is 382 g/mol. The molecule has 0 bridgehead atoms. The predicted molar refractivity (Wildman–Crippen MR) is 110 cm³/mol. The van der Waals surface area contributed by atoms with Crippen LogP contribution in [0.15, 0.2) is 83.7 Å². The molecule has 0 fully saturated rings. The van der Waals surface area contributed by atoms with E-state index in [1.165, 1.54) is 0 Å². The highest BCUT2D eigenvalue weighted by molar-refractivity contribution is 5.80. The molecule has 6 nitrogen and oxygen atoms in total. The molecule has 0 atom stereocenters. The van der Waals surface area contributed by atoms with Gasteiger partial charge in [0.15, 0.2) is 12.2 Å². The molecule has 5 aromatic rings. The molecule has 0 spiro atoms. The van der Waals surface area contributed by atoms with Crippen molar-refractivity contribution in [2.75, 3.05) is 0 Å². The summed E-state index contributed by atoms with van der Waals surface area (Å²) in [6.07, 6.45) is 5.59. The summed E-state index contributed by atoms with van der Waals surface area (Å²) in [5.41, 5.74) is 5.69. The first-order chi connectivity index (χ1) is 14.3. The van der Waals surface area contributed by atoms with Crippen molar-refractivity contribution < 1.29 is 9.15 Å². The number of fused-ring (bicyclic) bond motifs is 1. The van der Waals surface area contributed by atoms with E-state index < -0.39 is 0 Å². The normalized spacial score (nSPS) is 11.1. The lowest BCUT2D eigenvalue weighted by molar-refractivity contribution is 0.267. The summed E-state index contributed by atoms with van der Waals surface area (Å²) in [5, 5.41) is 4.64. The number of benzene rings is 2. The lowest BCUT2D eigenvalue weighted by Gasteiger charge is -2.06. The molecule has 0 unspecified atom stereocenters. The molecule has 2 aromatic carbocycles. The highest BCUT2D eigenvalue weighted by atomic mass is 16.5. The van der Waals surface area contributed by atoms with Crippen molar-refractivity contribution in [3.8, 4) is 28.1 Å². The van der Waals surface area contributed by atoms with Crippen molar-refractivity contribution in [1.29, 1.82) is 0 Å². The van der Waals surface area contributed by atoms with E-state index in [4.69, 9.17) is 9.15 Å². The maximum Gasteiger partial charge on any atom is 0.233 e. The Balaban J connectivity index is 1.35. The van der Waals surface area contributed by atoms with Gasteiger partial charge in [0, 0.05) is 36.8 Å². The minimum Gasteiger partial charge on any atom is -0.484 e. The fourth-order valence-corrected chi connectivity index (χ4v) is 3.28. The number of para-hydroxylation sites is 2. The smallest absolute Gasteiger partial charge is 0.233 e. The fraction of sp³-hybridized carbons (Fsp3) is 0.0870. The predicted octanol–water partition coefficient (Wildman–Crippen LogP) is 4.87. The van der Waals surface area contributed by atoms with Crippen LogP contribution >= 0.6 is 0 Å². The molecule has 0 saturated carbocycles. The third-order valence-corrected chi connectivity index (χ3v) is 4.65.